The van der Waals surface area contributed by atoms with E-state index in [9.17, 15) is 8.78 Å². The van der Waals surface area contributed by atoms with Crippen molar-refractivity contribution < 1.29 is 19.0 Å². The van der Waals surface area contributed by atoms with Gasteiger partial charge in [-0.1, -0.05) is 24.3 Å². The number of aliphatic imine (C=N–C) groups is 2. The molecule has 0 aromatic heterocycles. The molecule has 0 atom stereocenters. The van der Waals surface area contributed by atoms with Crippen molar-refractivity contribution in [3.63, 3.8) is 0 Å². The monoisotopic (exact) mass is 332 g/mol. The Morgan fingerprint density at radius 2 is 1.17 bits per heavy atom. The molecule has 0 bridgehead atoms. The van der Waals surface area contributed by atoms with Crippen LogP contribution in [0.3, 0.4) is 0 Å². The van der Waals surface area contributed by atoms with Crippen molar-refractivity contribution in [2.24, 2.45) is 9.98 Å². The van der Waals surface area contributed by atoms with Crippen molar-refractivity contribution in [2.45, 2.75) is 13.2 Å². The molecule has 4 nitrogen and oxygen atoms in total. The first-order valence-electron chi connectivity index (χ1n) is 7.43. The molecule has 0 fully saturated rings. The van der Waals surface area contributed by atoms with E-state index in [-0.39, 0.29) is 11.1 Å². The molecule has 0 aliphatic heterocycles. The Kier molecular flexibility index (Phi) is 6.72. The molecular formula is C18H18F2N2O2. The van der Waals surface area contributed by atoms with Gasteiger partial charge in [0.25, 0.3) is 0 Å². The van der Waals surface area contributed by atoms with Crippen LogP contribution in [0.1, 0.15) is 22.3 Å². The topological polar surface area (TPSA) is 65.2 Å². The average Bonchev–Trinajstić information content (AvgIpc) is 2.58. The van der Waals surface area contributed by atoms with E-state index < -0.39 is 24.8 Å². The summed E-state index contributed by atoms with van der Waals surface area (Å²) in [7, 11) is 0. The van der Waals surface area contributed by atoms with E-state index in [1.807, 2.05) is 0 Å². The molecule has 0 saturated carbocycles. The maximum atomic E-state index is 13.5. The summed E-state index contributed by atoms with van der Waals surface area (Å²) in [5.41, 5.74) is 1.46. The van der Waals surface area contributed by atoms with E-state index in [4.69, 9.17) is 10.2 Å². The number of hydrogen-bond donors (Lipinski definition) is 2. The van der Waals surface area contributed by atoms with E-state index in [1.165, 1.54) is 24.6 Å². The largest absolute Gasteiger partial charge is 0.392 e. The summed E-state index contributed by atoms with van der Waals surface area (Å²) in [6.45, 7) is -0.0608. The maximum Gasteiger partial charge on any atom is 0.129 e. The summed E-state index contributed by atoms with van der Waals surface area (Å²) >= 11 is 0. The quantitative estimate of drug-likeness (QED) is 0.604. The van der Waals surface area contributed by atoms with E-state index in [0.29, 0.717) is 24.2 Å². The van der Waals surface area contributed by atoms with Crippen LogP contribution in [0, 0.1) is 11.6 Å². The molecule has 0 heterocycles. The van der Waals surface area contributed by atoms with Gasteiger partial charge in [0.1, 0.15) is 11.6 Å². The third-order valence-electron chi connectivity index (χ3n) is 3.45. The lowest BCUT2D eigenvalue weighted by atomic mass is 10.1. The van der Waals surface area contributed by atoms with Gasteiger partial charge in [0, 0.05) is 34.7 Å². The van der Waals surface area contributed by atoms with Crippen LogP contribution in [0.5, 0.6) is 0 Å². The van der Waals surface area contributed by atoms with Crippen LogP contribution < -0.4 is 0 Å². The third-order valence-corrected chi connectivity index (χ3v) is 3.45. The van der Waals surface area contributed by atoms with Crippen molar-refractivity contribution in [1.29, 1.82) is 0 Å². The van der Waals surface area contributed by atoms with E-state index in [0.717, 1.165) is 0 Å². The highest BCUT2D eigenvalue weighted by Crippen LogP contribution is 2.12. The Bertz CT molecular complexity index is 682. The van der Waals surface area contributed by atoms with Crippen LogP contribution in [0.15, 0.2) is 46.4 Å². The lowest BCUT2D eigenvalue weighted by molar-refractivity contribution is 0.275. The molecule has 126 valence electrons. The number of hydrogen-bond acceptors (Lipinski definition) is 4. The maximum absolute atomic E-state index is 13.5. The number of rotatable bonds is 7. The highest BCUT2D eigenvalue weighted by atomic mass is 19.1. The lowest BCUT2D eigenvalue weighted by Crippen LogP contribution is -1.99. The van der Waals surface area contributed by atoms with Crippen molar-refractivity contribution in [3.05, 3.63) is 70.3 Å². The Labute approximate surface area is 138 Å². The van der Waals surface area contributed by atoms with Crippen LogP contribution in [-0.4, -0.2) is 35.7 Å². The highest BCUT2D eigenvalue weighted by Gasteiger charge is 2.05. The smallest absolute Gasteiger partial charge is 0.129 e. The third kappa shape index (κ3) is 4.53. The first-order chi connectivity index (χ1) is 11.7. The molecule has 0 spiro atoms. The minimum atomic E-state index is -0.470. The fourth-order valence-corrected chi connectivity index (χ4v) is 2.17. The minimum Gasteiger partial charge on any atom is -0.392 e. The molecule has 0 aliphatic rings. The van der Waals surface area contributed by atoms with Gasteiger partial charge in [-0.3, -0.25) is 9.98 Å². The van der Waals surface area contributed by atoms with E-state index in [2.05, 4.69) is 9.98 Å². The number of aliphatic hydroxyl groups excluding tert-OH is 2. The lowest BCUT2D eigenvalue weighted by Gasteiger charge is -2.03. The zero-order valence-electron chi connectivity index (χ0n) is 13.0. The first-order valence-corrected chi connectivity index (χ1v) is 7.43. The Hall–Kier alpha value is -2.44. The van der Waals surface area contributed by atoms with Gasteiger partial charge in [-0.05, 0) is 12.1 Å². The molecular weight excluding hydrogens is 314 g/mol. The van der Waals surface area contributed by atoms with Crippen molar-refractivity contribution in [1.82, 2.24) is 0 Å². The summed E-state index contributed by atoms with van der Waals surface area (Å²) in [4.78, 5) is 8.29. The number of halogens is 2. The normalized spacial score (nSPS) is 11.7. The second kappa shape index (κ2) is 9.00. The molecule has 24 heavy (non-hydrogen) atoms. The van der Waals surface area contributed by atoms with Crippen LogP contribution in [-0.2, 0) is 13.2 Å². The fourth-order valence-electron chi connectivity index (χ4n) is 2.17. The molecule has 6 heteroatoms. The Morgan fingerprint density at radius 3 is 1.54 bits per heavy atom. The highest BCUT2D eigenvalue weighted by molar-refractivity contribution is 5.82. The van der Waals surface area contributed by atoms with Gasteiger partial charge in [-0.25, -0.2) is 8.78 Å². The molecule has 2 aromatic carbocycles. The first kappa shape index (κ1) is 17.9. The van der Waals surface area contributed by atoms with Gasteiger partial charge in [0.15, 0.2) is 0 Å². The van der Waals surface area contributed by atoms with E-state index in [1.54, 1.807) is 24.3 Å². The van der Waals surface area contributed by atoms with Gasteiger partial charge in [-0.2, -0.15) is 0 Å². The summed E-state index contributed by atoms with van der Waals surface area (Å²) in [6.07, 6.45) is 2.98. The molecule has 0 amide bonds. The average molecular weight is 332 g/mol. The predicted molar refractivity (Wildman–Crippen MR) is 89.6 cm³/mol. The van der Waals surface area contributed by atoms with Crippen molar-refractivity contribution >= 4 is 12.4 Å². The number of aliphatic hydroxyl groups is 2. The van der Waals surface area contributed by atoms with Gasteiger partial charge in [0.05, 0.1) is 26.3 Å². The second-order valence-corrected chi connectivity index (χ2v) is 5.00. The zero-order valence-corrected chi connectivity index (χ0v) is 13.0. The fraction of sp³-hybridized carbons (Fsp3) is 0.222. The Balaban J connectivity index is 1.94. The molecule has 2 aromatic rings. The number of benzene rings is 2. The van der Waals surface area contributed by atoms with Crippen LogP contribution >= 0.6 is 0 Å². The molecule has 2 rings (SSSR count). The summed E-state index contributed by atoms with van der Waals surface area (Å²) in [5, 5.41) is 18.3. The summed E-state index contributed by atoms with van der Waals surface area (Å²) in [5.74, 6) is -0.941. The minimum absolute atomic E-state index is 0.206. The standard InChI is InChI=1S/C18H18F2N2O2/c19-17-5-1-3-13(15(17)11-23)9-21-7-8-22-10-14-4-2-6-18(20)16(14)12-24/h1-6,9-10,23-24H,7-8,11-12H2. The van der Waals surface area contributed by atoms with Crippen molar-refractivity contribution in [3.8, 4) is 0 Å². The van der Waals surface area contributed by atoms with Gasteiger partial charge < -0.3 is 10.2 Å². The molecule has 0 aliphatic carbocycles. The summed E-state index contributed by atoms with van der Waals surface area (Å²) in [6, 6.07) is 9.00. The second-order valence-electron chi connectivity index (χ2n) is 5.00. The molecule has 0 radical (unpaired) electrons. The predicted octanol–water partition coefficient (Wildman–Crippen LogP) is 2.49. The summed E-state index contributed by atoms with van der Waals surface area (Å²) < 4.78 is 27.0. The molecule has 2 N–H and O–H groups in total. The van der Waals surface area contributed by atoms with Gasteiger partial charge in [-0.15, -0.1) is 0 Å². The SMILES string of the molecule is OCc1c(F)cccc1C=NCCN=Cc1cccc(F)c1CO. The Morgan fingerprint density at radius 1 is 0.750 bits per heavy atom. The van der Waals surface area contributed by atoms with Crippen molar-refractivity contribution in [2.75, 3.05) is 13.1 Å². The van der Waals surface area contributed by atoms with E-state index >= 15 is 0 Å². The van der Waals surface area contributed by atoms with Crippen LogP contribution in [0.4, 0.5) is 8.78 Å². The van der Waals surface area contributed by atoms with Gasteiger partial charge >= 0.3 is 0 Å². The zero-order chi connectivity index (χ0) is 17.4. The molecule has 0 saturated heterocycles. The van der Waals surface area contributed by atoms with Crippen LogP contribution in [0.25, 0.3) is 0 Å². The number of nitrogens with zero attached hydrogens (tertiary/aromatic N) is 2. The van der Waals surface area contributed by atoms with Crippen LogP contribution in [0.2, 0.25) is 0 Å². The molecule has 0 unspecified atom stereocenters. The van der Waals surface area contributed by atoms with Gasteiger partial charge in [0.2, 0.25) is 0 Å².